The van der Waals surface area contributed by atoms with Crippen LogP contribution in [0.2, 0.25) is 0 Å². The fraction of sp³-hybridized carbons (Fsp3) is 0.533. The van der Waals surface area contributed by atoms with E-state index in [1.54, 1.807) is 11.8 Å². The van der Waals surface area contributed by atoms with Gasteiger partial charge in [0, 0.05) is 18.2 Å². The molecule has 20 heavy (non-hydrogen) atoms. The lowest BCUT2D eigenvalue weighted by Crippen LogP contribution is -2.55. The molecule has 0 bridgehead atoms. The zero-order chi connectivity index (χ0) is 13.8. The summed E-state index contributed by atoms with van der Waals surface area (Å²) in [5.41, 5.74) is 1.26. The molecule has 0 aliphatic carbocycles. The molecule has 1 amide bonds. The van der Waals surface area contributed by atoms with Crippen molar-refractivity contribution in [2.45, 2.75) is 18.5 Å². The van der Waals surface area contributed by atoms with Gasteiger partial charge in [-0.15, -0.1) is 11.8 Å². The van der Waals surface area contributed by atoms with Gasteiger partial charge in [-0.25, -0.2) is 0 Å². The van der Waals surface area contributed by atoms with E-state index in [1.165, 1.54) is 5.56 Å². The molecule has 1 aromatic rings. The Morgan fingerprint density at radius 2 is 2.25 bits per heavy atom. The lowest BCUT2D eigenvalue weighted by molar-refractivity contribution is -0.141. The predicted octanol–water partition coefficient (Wildman–Crippen LogP) is 1.12. The molecule has 1 N–H and O–H groups in total. The van der Waals surface area contributed by atoms with Gasteiger partial charge in [0.05, 0.1) is 25.3 Å². The maximum atomic E-state index is 12.6. The van der Waals surface area contributed by atoms with Crippen molar-refractivity contribution in [3.8, 4) is 0 Å². The molecule has 1 aromatic carbocycles. The second-order valence-electron chi connectivity index (χ2n) is 5.22. The Morgan fingerprint density at radius 1 is 1.40 bits per heavy atom. The van der Waals surface area contributed by atoms with Gasteiger partial charge in [-0.05, 0) is 12.0 Å². The number of carbonyl (C=O) groups excluding carboxylic acids is 1. The van der Waals surface area contributed by atoms with Crippen molar-refractivity contribution >= 4 is 17.7 Å². The second-order valence-corrected chi connectivity index (χ2v) is 6.25. The summed E-state index contributed by atoms with van der Waals surface area (Å²) in [6.45, 7) is 2.00. The summed E-state index contributed by atoms with van der Waals surface area (Å²) in [6.07, 6.45) is 0.868. The lowest BCUT2D eigenvalue weighted by atomic mass is 10.0. The highest BCUT2D eigenvalue weighted by Gasteiger charge is 2.33. The number of amides is 1. The molecule has 0 spiro atoms. The van der Waals surface area contributed by atoms with Crippen LogP contribution in [0.15, 0.2) is 30.3 Å². The van der Waals surface area contributed by atoms with Gasteiger partial charge in [-0.2, -0.15) is 0 Å². The van der Waals surface area contributed by atoms with Gasteiger partial charge in [0.15, 0.2) is 0 Å². The van der Waals surface area contributed by atoms with Gasteiger partial charge in [0.1, 0.15) is 0 Å². The summed E-state index contributed by atoms with van der Waals surface area (Å²) < 4.78 is 5.58. The van der Waals surface area contributed by atoms with Gasteiger partial charge in [-0.1, -0.05) is 30.3 Å². The Bertz CT molecular complexity index is 448. The highest BCUT2D eigenvalue weighted by molar-refractivity contribution is 7.99. The number of thioether (sulfide) groups is 1. The van der Waals surface area contributed by atoms with E-state index in [4.69, 9.17) is 4.74 Å². The van der Waals surface area contributed by atoms with Crippen LogP contribution in [0, 0.1) is 0 Å². The molecule has 5 heteroatoms. The Labute approximate surface area is 123 Å². The number of nitrogens with zero attached hydrogens (tertiary/aromatic N) is 1. The fourth-order valence-corrected chi connectivity index (χ4v) is 3.69. The zero-order valence-electron chi connectivity index (χ0n) is 11.5. The molecule has 2 aliphatic heterocycles. The molecule has 3 rings (SSSR count). The molecule has 2 fully saturated rings. The number of carbonyl (C=O) groups is 1. The third kappa shape index (κ3) is 3.16. The van der Waals surface area contributed by atoms with Crippen molar-refractivity contribution in [2.24, 2.45) is 0 Å². The van der Waals surface area contributed by atoms with Crippen LogP contribution in [-0.4, -0.2) is 54.3 Å². The maximum absolute atomic E-state index is 12.6. The number of rotatable bonds is 3. The molecular weight excluding hydrogens is 272 g/mol. The van der Waals surface area contributed by atoms with E-state index in [0.717, 1.165) is 18.1 Å². The maximum Gasteiger partial charge on any atom is 0.241 e. The monoisotopic (exact) mass is 292 g/mol. The topological polar surface area (TPSA) is 41.6 Å². The average Bonchev–Trinajstić information content (AvgIpc) is 3.02. The summed E-state index contributed by atoms with van der Waals surface area (Å²) >= 11 is 1.79. The first-order valence-corrected chi connectivity index (χ1v) is 8.23. The van der Waals surface area contributed by atoms with Crippen LogP contribution >= 0.6 is 11.8 Å². The Balaban J connectivity index is 1.68. The molecule has 2 unspecified atom stereocenters. The summed E-state index contributed by atoms with van der Waals surface area (Å²) in [5.74, 6) is 2.00. The molecule has 4 nitrogen and oxygen atoms in total. The first kappa shape index (κ1) is 13.9. The van der Waals surface area contributed by atoms with Gasteiger partial charge < -0.3 is 9.64 Å². The smallest absolute Gasteiger partial charge is 0.241 e. The molecular formula is C15H20N2O2S. The standard InChI is InChI=1S/C15H20N2O2S/c18-15(14-10-20-11-16-14)17-6-7-19-9-13(17)8-12-4-2-1-3-5-12/h1-5,13-14,16H,6-11H2. The van der Waals surface area contributed by atoms with Crippen molar-refractivity contribution in [2.75, 3.05) is 31.4 Å². The van der Waals surface area contributed by atoms with E-state index in [-0.39, 0.29) is 18.0 Å². The van der Waals surface area contributed by atoms with Crippen LogP contribution in [-0.2, 0) is 16.0 Å². The number of nitrogens with one attached hydrogen (secondary N) is 1. The van der Waals surface area contributed by atoms with E-state index < -0.39 is 0 Å². The highest BCUT2D eigenvalue weighted by Crippen LogP contribution is 2.18. The van der Waals surface area contributed by atoms with Crippen LogP contribution < -0.4 is 5.32 Å². The van der Waals surface area contributed by atoms with Gasteiger partial charge in [0.25, 0.3) is 0 Å². The van der Waals surface area contributed by atoms with Crippen LogP contribution in [0.5, 0.6) is 0 Å². The van der Waals surface area contributed by atoms with E-state index >= 15 is 0 Å². The zero-order valence-corrected chi connectivity index (χ0v) is 12.3. The summed E-state index contributed by atoms with van der Waals surface area (Å²) in [4.78, 5) is 14.6. The first-order valence-electron chi connectivity index (χ1n) is 7.08. The van der Waals surface area contributed by atoms with E-state index in [1.807, 2.05) is 23.1 Å². The van der Waals surface area contributed by atoms with Gasteiger partial charge >= 0.3 is 0 Å². The largest absolute Gasteiger partial charge is 0.377 e. The van der Waals surface area contributed by atoms with Crippen LogP contribution in [0.1, 0.15) is 5.56 Å². The van der Waals surface area contributed by atoms with Gasteiger partial charge in [-0.3, -0.25) is 10.1 Å². The minimum atomic E-state index is -0.0172. The Morgan fingerprint density at radius 3 is 3.00 bits per heavy atom. The highest BCUT2D eigenvalue weighted by atomic mass is 32.2. The van der Waals surface area contributed by atoms with Crippen molar-refractivity contribution in [3.05, 3.63) is 35.9 Å². The average molecular weight is 292 g/mol. The molecule has 2 saturated heterocycles. The van der Waals surface area contributed by atoms with Crippen LogP contribution in [0.4, 0.5) is 0 Å². The molecule has 0 saturated carbocycles. The number of morpholine rings is 1. The normalized spacial score (nSPS) is 26.7. The number of hydrogen-bond donors (Lipinski definition) is 1. The van der Waals surface area contributed by atoms with E-state index in [2.05, 4.69) is 17.4 Å². The van der Waals surface area contributed by atoms with Gasteiger partial charge in [0.2, 0.25) is 5.91 Å². The molecule has 0 aromatic heterocycles. The number of hydrogen-bond acceptors (Lipinski definition) is 4. The van der Waals surface area contributed by atoms with Crippen LogP contribution in [0.3, 0.4) is 0 Å². The van der Waals surface area contributed by atoms with Crippen molar-refractivity contribution < 1.29 is 9.53 Å². The van der Waals surface area contributed by atoms with Crippen LogP contribution in [0.25, 0.3) is 0 Å². The molecule has 108 valence electrons. The van der Waals surface area contributed by atoms with E-state index in [0.29, 0.717) is 19.8 Å². The molecule has 2 atom stereocenters. The Kier molecular flexibility index (Phi) is 4.60. The first-order chi connectivity index (χ1) is 9.84. The third-order valence-corrected chi connectivity index (χ3v) is 4.78. The molecule has 2 heterocycles. The second kappa shape index (κ2) is 6.61. The summed E-state index contributed by atoms with van der Waals surface area (Å²) in [6, 6.07) is 10.5. The van der Waals surface area contributed by atoms with Crippen molar-refractivity contribution in [1.82, 2.24) is 10.2 Å². The van der Waals surface area contributed by atoms with Crippen molar-refractivity contribution in [1.29, 1.82) is 0 Å². The predicted molar refractivity (Wildman–Crippen MR) is 80.7 cm³/mol. The summed E-state index contributed by atoms with van der Waals surface area (Å²) in [5, 5.41) is 3.27. The summed E-state index contributed by atoms with van der Waals surface area (Å²) in [7, 11) is 0. The Hall–Kier alpha value is -1.04. The lowest BCUT2D eigenvalue weighted by Gasteiger charge is -2.37. The van der Waals surface area contributed by atoms with Crippen molar-refractivity contribution in [3.63, 3.8) is 0 Å². The molecule has 2 aliphatic rings. The quantitative estimate of drug-likeness (QED) is 0.906. The third-order valence-electron chi connectivity index (χ3n) is 3.84. The minimum absolute atomic E-state index is 0.0172. The minimum Gasteiger partial charge on any atom is -0.377 e. The SMILES string of the molecule is O=C(C1CSCN1)N1CCOCC1Cc1ccccc1. The number of ether oxygens (including phenoxy) is 1. The number of benzene rings is 1. The fourth-order valence-electron chi connectivity index (χ4n) is 2.75. The van der Waals surface area contributed by atoms with E-state index in [9.17, 15) is 4.79 Å². The molecule has 0 radical (unpaired) electrons.